The first-order chi connectivity index (χ1) is 6.70. The molecule has 2 rings (SSSR count). The van der Waals surface area contributed by atoms with Gasteiger partial charge >= 0.3 is 5.97 Å². The Morgan fingerprint density at radius 3 is 3.07 bits per heavy atom. The van der Waals surface area contributed by atoms with Crippen LogP contribution in [-0.4, -0.2) is 13.1 Å². The predicted molar refractivity (Wildman–Crippen MR) is 60.9 cm³/mol. The molecule has 0 aliphatic heterocycles. The number of carbonyl (C=O) groups is 1. The van der Waals surface area contributed by atoms with Gasteiger partial charge in [-0.1, -0.05) is 15.9 Å². The van der Waals surface area contributed by atoms with E-state index in [1.165, 1.54) is 33.4 Å². The Balaban J connectivity index is 2.38. The first-order valence-corrected chi connectivity index (χ1v) is 5.89. The lowest BCUT2D eigenvalue weighted by atomic mass is 10.1. The molecule has 0 aromatic carbocycles. The fraction of sp³-hybridized carbons (Fsp3) is 0.300. The number of rotatable bonds is 1. The average Bonchev–Trinajstić information content (AvgIpc) is 2.59. The SMILES string of the molecule is COC(=O)c1cc2c(s1)C=C(Br)CC2. The molecule has 0 spiro atoms. The second-order valence-electron chi connectivity index (χ2n) is 3.08. The summed E-state index contributed by atoms with van der Waals surface area (Å²) >= 11 is 4.96. The van der Waals surface area contributed by atoms with Crippen LogP contribution in [0.4, 0.5) is 0 Å². The van der Waals surface area contributed by atoms with Gasteiger partial charge in [0.25, 0.3) is 0 Å². The molecule has 0 N–H and O–H groups in total. The first-order valence-electron chi connectivity index (χ1n) is 4.28. The highest BCUT2D eigenvalue weighted by Gasteiger charge is 2.16. The Morgan fingerprint density at radius 2 is 2.36 bits per heavy atom. The summed E-state index contributed by atoms with van der Waals surface area (Å²) in [5.74, 6) is -0.242. The maximum Gasteiger partial charge on any atom is 0.348 e. The van der Waals surface area contributed by atoms with E-state index in [1.807, 2.05) is 6.07 Å². The Hall–Kier alpha value is -0.610. The van der Waals surface area contributed by atoms with Crippen LogP contribution in [0.1, 0.15) is 26.5 Å². The highest BCUT2D eigenvalue weighted by Crippen LogP contribution is 2.33. The molecule has 0 saturated heterocycles. The standard InChI is InChI=1S/C10H9BrO2S/c1-13-10(12)9-4-6-2-3-7(11)5-8(6)14-9/h4-5H,2-3H2,1H3. The van der Waals surface area contributed by atoms with Crippen molar-refractivity contribution in [1.29, 1.82) is 0 Å². The third-order valence-corrected chi connectivity index (χ3v) is 3.88. The van der Waals surface area contributed by atoms with Crippen LogP contribution in [0.15, 0.2) is 10.5 Å². The lowest BCUT2D eigenvalue weighted by molar-refractivity contribution is 0.0606. The van der Waals surface area contributed by atoms with E-state index in [1.54, 1.807) is 0 Å². The first kappa shape index (κ1) is 9.93. The van der Waals surface area contributed by atoms with Crippen molar-refractivity contribution in [2.45, 2.75) is 12.8 Å². The van der Waals surface area contributed by atoms with Gasteiger partial charge < -0.3 is 4.74 Å². The minimum Gasteiger partial charge on any atom is -0.465 e. The summed E-state index contributed by atoms with van der Waals surface area (Å²) in [7, 11) is 1.41. The van der Waals surface area contributed by atoms with E-state index in [0.717, 1.165) is 12.8 Å². The molecule has 0 unspecified atom stereocenters. The minimum absolute atomic E-state index is 0.242. The van der Waals surface area contributed by atoms with Crippen LogP contribution in [-0.2, 0) is 11.2 Å². The Morgan fingerprint density at radius 1 is 1.57 bits per heavy atom. The molecule has 2 nitrogen and oxygen atoms in total. The number of aryl methyl sites for hydroxylation is 1. The summed E-state index contributed by atoms with van der Waals surface area (Å²) in [6, 6.07) is 1.93. The van der Waals surface area contributed by atoms with Crippen LogP contribution in [0, 0.1) is 0 Å². The van der Waals surface area contributed by atoms with Crippen molar-refractivity contribution >= 4 is 39.3 Å². The normalized spacial score (nSPS) is 14.6. The zero-order valence-electron chi connectivity index (χ0n) is 7.67. The van der Waals surface area contributed by atoms with Gasteiger partial charge in [-0.25, -0.2) is 4.79 Å². The Bertz CT molecular complexity index is 406. The van der Waals surface area contributed by atoms with Crippen LogP contribution >= 0.6 is 27.3 Å². The van der Waals surface area contributed by atoms with Crippen molar-refractivity contribution in [2.75, 3.05) is 7.11 Å². The van der Waals surface area contributed by atoms with E-state index in [0.29, 0.717) is 4.88 Å². The van der Waals surface area contributed by atoms with Crippen molar-refractivity contribution in [1.82, 2.24) is 0 Å². The molecule has 0 saturated carbocycles. The largest absolute Gasteiger partial charge is 0.465 e. The number of hydrogen-bond acceptors (Lipinski definition) is 3. The molecule has 0 amide bonds. The van der Waals surface area contributed by atoms with Gasteiger partial charge in [0.1, 0.15) is 4.88 Å². The van der Waals surface area contributed by atoms with Gasteiger partial charge in [-0.3, -0.25) is 0 Å². The smallest absolute Gasteiger partial charge is 0.348 e. The van der Waals surface area contributed by atoms with Gasteiger partial charge in [0.05, 0.1) is 7.11 Å². The number of halogens is 1. The van der Waals surface area contributed by atoms with Crippen molar-refractivity contribution in [3.05, 3.63) is 25.9 Å². The van der Waals surface area contributed by atoms with Crippen molar-refractivity contribution < 1.29 is 9.53 Å². The predicted octanol–water partition coefficient (Wildman–Crippen LogP) is 3.22. The van der Waals surface area contributed by atoms with Crippen LogP contribution in [0.3, 0.4) is 0 Å². The fourth-order valence-electron chi connectivity index (χ4n) is 1.43. The summed E-state index contributed by atoms with van der Waals surface area (Å²) in [4.78, 5) is 13.1. The molecule has 74 valence electrons. The number of fused-ring (bicyclic) bond motifs is 1. The third kappa shape index (κ3) is 1.77. The molecule has 0 atom stereocenters. The number of ether oxygens (including phenoxy) is 1. The summed E-state index contributed by atoms with van der Waals surface area (Å²) in [5.41, 5.74) is 1.25. The van der Waals surface area contributed by atoms with E-state index in [4.69, 9.17) is 0 Å². The molecule has 0 fully saturated rings. The van der Waals surface area contributed by atoms with Crippen LogP contribution in [0.5, 0.6) is 0 Å². The van der Waals surface area contributed by atoms with Crippen LogP contribution in [0.2, 0.25) is 0 Å². The molecular formula is C10H9BrO2S. The highest BCUT2D eigenvalue weighted by molar-refractivity contribution is 9.11. The van der Waals surface area contributed by atoms with E-state index in [-0.39, 0.29) is 5.97 Å². The average molecular weight is 273 g/mol. The minimum atomic E-state index is -0.242. The Labute approximate surface area is 94.7 Å². The van der Waals surface area contributed by atoms with Crippen LogP contribution in [0.25, 0.3) is 6.08 Å². The van der Waals surface area contributed by atoms with Gasteiger partial charge in [-0.15, -0.1) is 11.3 Å². The molecular weight excluding hydrogens is 264 g/mol. The fourth-order valence-corrected chi connectivity index (χ4v) is 3.11. The second-order valence-corrected chi connectivity index (χ2v) is 5.19. The molecule has 1 aliphatic carbocycles. The third-order valence-electron chi connectivity index (χ3n) is 2.15. The zero-order valence-corrected chi connectivity index (χ0v) is 10.1. The van der Waals surface area contributed by atoms with Gasteiger partial charge in [0, 0.05) is 4.88 Å². The topological polar surface area (TPSA) is 26.3 Å². The van der Waals surface area contributed by atoms with Gasteiger partial charge in [0.15, 0.2) is 0 Å². The summed E-state index contributed by atoms with van der Waals surface area (Å²) in [6.45, 7) is 0. The van der Waals surface area contributed by atoms with E-state index >= 15 is 0 Å². The van der Waals surface area contributed by atoms with Gasteiger partial charge in [-0.2, -0.15) is 0 Å². The molecule has 4 heteroatoms. The quantitative estimate of drug-likeness (QED) is 0.734. The summed E-state index contributed by atoms with van der Waals surface area (Å²) in [6.07, 6.45) is 4.10. The van der Waals surface area contributed by atoms with Crippen molar-refractivity contribution in [2.24, 2.45) is 0 Å². The van der Waals surface area contributed by atoms with E-state index in [9.17, 15) is 4.79 Å². The molecule has 14 heavy (non-hydrogen) atoms. The molecule has 1 aromatic rings. The van der Waals surface area contributed by atoms with Crippen molar-refractivity contribution in [3.8, 4) is 0 Å². The van der Waals surface area contributed by atoms with Crippen molar-refractivity contribution in [3.63, 3.8) is 0 Å². The molecule has 0 bridgehead atoms. The number of esters is 1. The number of hydrogen-bond donors (Lipinski definition) is 0. The molecule has 1 heterocycles. The van der Waals surface area contributed by atoms with Gasteiger partial charge in [0.2, 0.25) is 0 Å². The number of allylic oxidation sites excluding steroid dienone is 1. The van der Waals surface area contributed by atoms with E-state index < -0.39 is 0 Å². The Kier molecular flexibility index (Phi) is 2.74. The maximum atomic E-state index is 11.3. The maximum absolute atomic E-state index is 11.3. The summed E-state index contributed by atoms with van der Waals surface area (Å²) in [5, 5.41) is 0. The second kappa shape index (κ2) is 3.87. The summed E-state index contributed by atoms with van der Waals surface area (Å²) < 4.78 is 5.88. The lowest BCUT2D eigenvalue weighted by Gasteiger charge is -2.06. The van der Waals surface area contributed by atoms with Gasteiger partial charge in [-0.05, 0) is 35.0 Å². The zero-order chi connectivity index (χ0) is 10.1. The molecule has 0 radical (unpaired) electrons. The monoisotopic (exact) mass is 272 g/mol. The number of methoxy groups -OCH3 is 1. The highest BCUT2D eigenvalue weighted by atomic mass is 79.9. The molecule has 1 aromatic heterocycles. The number of thiophene rings is 1. The van der Waals surface area contributed by atoms with Crippen LogP contribution < -0.4 is 0 Å². The molecule has 1 aliphatic rings. The van der Waals surface area contributed by atoms with E-state index in [2.05, 4.69) is 26.7 Å². The number of carbonyl (C=O) groups excluding carboxylic acids is 1. The lowest BCUT2D eigenvalue weighted by Crippen LogP contribution is -1.97.